The molecule has 0 radical (unpaired) electrons. The van der Waals surface area contributed by atoms with Gasteiger partial charge in [-0.3, -0.25) is 14.4 Å². The molecular weight excluding hydrogens is 324 g/mol. The van der Waals surface area contributed by atoms with E-state index in [0.29, 0.717) is 6.54 Å². The van der Waals surface area contributed by atoms with Crippen LogP contribution in [-0.4, -0.2) is 41.2 Å². The summed E-state index contributed by atoms with van der Waals surface area (Å²) in [6.07, 6.45) is 2.28. The molecule has 1 heterocycles. The Bertz CT molecular complexity index is 789. The molecule has 5 nitrogen and oxygen atoms in total. The fourth-order valence-electron chi connectivity index (χ4n) is 3.62. The van der Waals surface area contributed by atoms with E-state index < -0.39 is 0 Å². The number of aryl methyl sites for hydroxylation is 3. The molecule has 2 aromatic rings. The number of hydrogen-bond donors (Lipinski definition) is 1. The van der Waals surface area contributed by atoms with E-state index in [9.17, 15) is 4.79 Å². The van der Waals surface area contributed by atoms with Crippen LogP contribution in [0, 0.1) is 26.2 Å². The molecule has 0 aliphatic heterocycles. The minimum atomic E-state index is -0.264. The SMILES string of the molecule is Cc1cccc([C@@H](C(=O)NCC2(Cn3nc(C)cc3C)CC2)N(C)C)c1. The Balaban J connectivity index is 1.66. The first-order chi connectivity index (χ1) is 12.3. The van der Waals surface area contributed by atoms with Crippen LogP contribution in [0.25, 0.3) is 0 Å². The van der Waals surface area contributed by atoms with Gasteiger partial charge in [-0.05, 0) is 59.3 Å². The second kappa shape index (κ2) is 7.23. The number of nitrogens with zero attached hydrogens (tertiary/aromatic N) is 3. The molecule has 1 aromatic heterocycles. The fourth-order valence-corrected chi connectivity index (χ4v) is 3.62. The molecule has 0 spiro atoms. The molecule has 26 heavy (non-hydrogen) atoms. The standard InChI is InChI=1S/C21H30N4O/c1-15-7-6-8-18(11-15)19(24(4)5)20(26)22-13-21(9-10-21)14-25-17(3)12-16(2)23-25/h6-8,11-12,19H,9-10,13-14H2,1-5H3,(H,22,26)/t19-/m0/s1. The summed E-state index contributed by atoms with van der Waals surface area (Å²) in [7, 11) is 3.91. The number of nitrogens with one attached hydrogen (secondary N) is 1. The van der Waals surface area contributed by atoms with Crippen molar-refractivity contribution in [1.29, 1.82) is 0 Å². The highest BCUT2D eigenvalue weighted by atomic mass is 16.2. The molecule has 140 valence electrons. The second-order valence-electron chi connectivity index (χ2n) is 8.08. The third-order valence-corrected chi connectivity index (χ3v) is 5.31. The summed E-state index contributed by atoms with van der Waals surface area (Å²) < 4.78 is 2.08. The lowest BCUT2D eigenvalue weighted by Crippen LogP contribution is -2.40. The number of carbonyl (C=O) groups excluding carboxylic acids is 1. The van der Waals surface area contributed by atoms with Crippen molar-refractivity contribution in [1.82, 2.24) is 20.0 Å². The topological polar surface area (TPSA) is 50.2 Å². The van der Waals surface area contributed by atoms with Gasteiger partial charge in [0.1, 0.15) is 6.04 Å². The van der Waals surface area contributed by atoms with Gasteiger partial charge in [0.05, 0.1) is 5.69 Å². The maximum Gasteiger partial charge on any atom is 0.241 e. The number of aromatic nitrogens is 2. The summed E-state index contributed by atoms with van der Waals surface area (Å²) in [5.41, 5.74) is 4.60. The van der Waals surface area contributed by atoms with Crippen molar-refractivity contribution in [3.05, 3.63) is 52.8 Å². The minimum absolute atomic E-state index is 0.0697. The van der Waals surface area contributed by atoms with Crippen molar-refractivity contribution in [2.24, 2.45) is 5.41 Å². The van der Waals surface area contributed by atoms with Crippen LogP contribution in [0.15, 0.2) is 30.3 Å². The van der Waals surface area contributed by atoms with Gasteiger partial charge in [-0.15, -0.1) is 0 Å². The first-order valence-electron chi connectivity index (χ1n) is 9.31. The van der Waals surface area contributed by atoms with Gasteiger partial charge in [-0.1, -0.05) is 29.8 Å². The molecular formula is C21H30N4O. The smallest absolute Gasteiger partial charge is 0.241 e. The summed E-state index contributed by atoms with van der Waals surface area (Å²) in [5.74, 6) is 0.0697. The predicted octanol–water partition coefficient (Wildman–Crippen LogP) is 3.01. The summed E-state index contributed by atoms with van der Waals surface area (Å²) >= 11 is 0. The molecule has 1 aromatic carbocycles. The molecule has 1 saturated carbocycles. The fraction of sp³-hybridized carbons (Fsp3) is 0.524. The van der Waals surface area contributed by atoms with Crippen molar-refractivity contribution < 1.29 is 4.79 Å². The van der Waals surface area contributed by atoms with Crippen molar-refractivity contribution in [3.63, 3.8) is 0 Å². The number of amides is 1. The van der Waals surface area contributed by atoms with Crippen molar-refractivity contribution in [2.45, 2.75) is 46.2 Å². The van der Waals surface area contributed by atoms with Crippen molar-refractivity contribution in [2.75, 3.05) is 20.6 Å². The Labute approximate surface area is 156 Å². The summed E-state index contributed by atoms with van der Waals surface area (Å²) in [6.45, 7) is 7.76. The zero-order valence-corrected chi connectivity index (χ0v) is 16.5. The molecule has 0 bridgehead atoms. The van der Waals surface area contributed by atoms with E-state index in [1.54, 1.807) is 0 Å². The normalized spacial score (nSPS) is 16.5. The second-order valence-corrected chi connectivity index (χ2v) is 8.08. The highest BCUT2D eigenvalue weighted by molar-refractivity contribution is 5.83. The van der Waals surface area contributed by atoms with Crippen molar-refractivity contribution in [3.8, 4) is 0 Å². The van der Waals surface area contributed by atoms with Crippen LogP contribution >= 0.6 is 0 Å². The molecule has 0 saturated heterocycles. The van der Waals surface area contributed by atoms with Crippen LogP contribution in [0.2, 0.25) is 0 Å². The van der Waals surface area contributed by atoms with E-state index in [1.807, 2.05) is 38.1 Å². The van der Waals surface area contributed by atoms with Crippen LogP contribution < -0.4 is 5.32 Å². The lowest BCUT2D eigenvalue weighted by molar-refractivity contribution is -0.126. The maximum absolute atomic E-state index is 12.9. The maximum atomic E-state index is 12.9. The lowest BCUT2D eigenvalue weighted by Gasteiger charge is -2.26. The lowest BCUT2D eigenvalue weighted by atomic mass is 10.0. The third-order valence-electron chi connectivity index (χ3n) is 5.31. The number of hydrogen-bond acceptors (Lipinski definition) is 3. The zero-order valence-electron chi connectivity index (χ0n) is 16.5. The Morgan fingerprint density at radius 2 is 2.00 bits per heavy atom. The van der Waals surface area contributed by atoms with Gasteiger partial charge in [0.2, 0.25) is 5.91 Å². The van der Waals surface area contributed by atoms with Gasteiger partial charge in [0.25, 0.3) is 0 Å². The van der Waals surface area contributed by atoms with Gasteiger partial charge < -0.3 is 5.32 Å². The molecule has 3 rings (SSSR count). The van der Waals surface area contributed by atoms with E-state index in [1.165, 1.54) is 11.3 Å². The molecule has 1 N–H and O–H groups in total. The van der Waals surface area contributed by atoms with E-state index in [4.69, 9.17) is 0 Å². The highest BCUT2D eigenvalue weighted by Crippen LogP contribution is 2.46. The molecule has 1 amide bonds. The summed E-state index contributed by atoms with van der Waals surface area (Å²) in [4.78, 5) is 14.9. The number of benzene rings is 1. The zero-order chi connectivity index (χ0) is 18.9. The van der Waals surface area contributed by atoms with Crippen LogP contribution in [0.1, 0.15) is 41.4 Å². The molecule has 1 fully saturated rings. The van der Waals surface area contributed by atoms with Gasteiger partial charge in [-0.2, -0.15) is 5.10 Å². The monoisotopic (exact) mass is 354 g/mol. The Hall–Kier alpha value is -2.14. The molecule has 1 atom stereocenters. The Kier molecular flexibility index (Phi) is 5.19. The van der Waals surface area contributed by atoms with E-state index >= 15 is 0 Å². The third kappa shape index (κ3) is 4.15. The van der Waals surface area contributed by atoms with Gasteiger partial charge in [0.15, 0.2) is 0 Å². The van der Waals surface area contributed by atoms with Gasteiger partial charge >= 0.3 is 0 Å². The summed E-state index contributed by atoms with van der Waals surface area (Å²) in [5, 5.41) is 7.79. The first kappa shape index (κ1) is 18.6. The van der Waals surface area contributed by atoms with Crippen LogP contribution in [0.5, 0.6) is 0 Å². The number of rotatable bonds is 7. The largest absolute Gasteiger partial charge is 0.354 e. The number of likely N-dealkylation sites (N-methyl/N-ethyl adjacent to an activating group) is 1. The predicted molar refractivity (Wildman–Crippen MR) is 104 cm³/mol. The number of carbonyl (C=O) groups is 1. The summed E-state index contributed by atoms with van der Waals surface area (Å²) in [6, 6.07) is 10.0. The molecule has 1 aliphatic carbocycles. The van der Waals surface area contributed by atoms with Gasteiger partial charge in [-0.25, -0.2) is 0 Å². The molecule has 0 unspecified atom stereocenters. The highest BCUT2D eigenvalue weighted by Gasteiger charge is 2.44. The quantitative estimate of drug-likeness (QED) is 0.831. The average molecular weight is 354 g/mol. The van der Waals surface area contributed by atoms with Gasteiger partial charge in [0, 0.05) is 24.2 Å². The Morgan fingerprint density at radius 1 is 1.27 bits per heavy atom. The van der Waals surface area contributed by atoms with E-state index in [2.05, 4.69) is 47.1 Å². The molecule has 5 heteroatoms. The van der Waals surface area contributed by atoms with Crippen molar-refractivity contribution >= 4 is 5.91 Å². The van der Waals surface area contributed by atoms with E-state index in [0.717, 1.165) is 30.6 Å². The Morgan fingerprint density at radius 3 is 2.54 bits per heavy atom. The van der Waals surface area contributed by atoms with Crippen LogP contribution in [-0.2, 0) is 11.3 Å². The first-order valence-corrected chi connectivity index (χ1v) is 9.31. The van der Waals surface area contributed by atoms with E-state index in [-0.39, 0.29) is 17.4 Å². The van der Waals surface area contributed by atoms with Crippen LogP contribution in [0.3, 0.4) is 0 Å². The minimum Gasteiger partial charge on any atom is -0.354 e. The average Bonchev–Trinajstić information content (AvgIpc) is 3.24. The molecule has 1 aliphatic rings. The van der Waals surface area contributed by atoms with Crippen LogP contribution in [0.4, 0.5) is 0 Å².